The molecule has 0 radical (unpaired) electrons. The summed E-state index contributed by atoms with van der Waals surface area (Å²) in [7, 11) is 3.31. The Morgan fingerprint density at radius 2 is 2.16 bits per heavy atom. The van der Waals surface area contributed by atoms with Gasteiger partial charge in [-0.2, -0.15) is 0 Å². The van der Waals surface area contributed by atoms with Crippen molar-refractivity contribution in [3.63, 3.8) is 0 Å². The largest absolute Gasteiger partial charge is 0.496 e. The molecule has 0 aromatic heterocycles. The van der Waals surface area contributed by atoms with E-state index in [0.717, 1.165) is 15.8 Å². The van der Waals surface area contributed by atoms with Gasteiger partial charge in [0.05, 0.1) is 24.2 Å². The first-order chi connectivity index (χ1) is 9.08. The summed E-state index contributed by atoms with van der Waals surface area (Å²) >= 11 is 8.69. The van der Waals surface area contributed by atoms with Crippen LogP contribution in [0, 0.1) is 0 Å². The van der Waals surface area contributed by atoms with Gasteiger partial charge in [0.2, 0.25) is 0 Å². The van der Waals surface area contributed by atoms with Crippen molar-refractivity contribution < 1.29 is 9.47 Å². The molecule has 1 aromatic rings. The Morgan fingerprint density at radius 3 is 2.74 bits per heavy atom. The molecule has 0 unspecified atom stereocenters. The SMILES string of the molecule is COCCNC(=S)N[C@H](C)c1ccc(OC)c(Br)c1. The van der Waals surface area contributed by atoms with Gasteiger partial charge in [0.15, 0.2) is 5.11 Å². The van der Waals surface area contributed by atoms with E-state index >= 15 is 0 Å². The van der Waals surface area contributed by atoms with Crippen molar-refractivity contribution in [1.82, 2.24) is 10.6 Å². The lowest BCUT2D eigenvalue weighted by molar-refractivity contribution is 0.204. The molecule has 0 fully saturated rings. The third-order valence-corrected chi connectivity index (χ3v) is 3.50. The second-order valence-electron chi connectivity index (χ2n) is 4.01. The van der Waals surface area contributed by atoms with Gasteiger partial charge in [-0.1, -0.05) is 6.07 Å². The normalized spacial score (nSPS) is 11.8. The maximum atomic E-state index is 5.21. The highest BCUT2D eigenvalue weighted by Gasteiger charge is 2.09. The number of rotatable bonds is 6. The van der Waals surface area contributed by atoms with E-state index in [4.69, 9.17) is 21.7 Å². The van der Waals surface area contributed by atoms with Crippen molar-refractivity contribution in [2.75, 3.05) is 27.4 Å². The van der Waals surface area contributed by atoms with E-state index in [-0.39, 0.29) is 6.04 Å². The second-order valence-corrected chi connectivity index (χ2v) is 5.27. The molecule has 0 aliphatic rings. The molecule has 19 heavy (non-hydrogen) atoms. The molecule has 0 aliphatic heterocycles. The van der Waals surface area contributed by atoms with E-state index in [1.54, 1.807) is 14.2 Å². The zero-order valence-corrected chi connectivity index (χ0v) is 13.7. The zero-order valence-electron chi connectivity index (χ0n) is 11.3. The van der Waals surface area contributed by atoms with Crippen molar-refractivity contribution in [3.05, 3.63) is 28.2 Å². The van der Waals surface area contributed by atoms with Crippen molar-refractivity contribution in [2.45, 2.75) is 13.0 Å². The van der Waals surface area contributed by atoms with Crippen LogP contribution in [0.4, 0.5) is 0 Å². The molecule has 0 spiro atoms. The molecule has 2 N–H and O–H groups in total. The topological polar surface area (TPSA) is 42.5 Å². The van der Waals surface area contributed by atoms with Crippen LogP contribution in [-0.4, -0.2) is 32.5 Å². The quantitative estimate of drug-likeness (QED) is 0.612. The van der Waals surface area contributed by atoms with Crippen LogP contribution in [0.15, 0.2) is 22.7 Å². The first kappa shape index (κ1) is 16.2. The fourth-order valence-corrected chi connectivity index (χ4v) is 2.39. The first-order valence-electron chi connectivity index (χ1n) is 5.95. The Hall–Kier alpha value is -0.850. The number of hydrogen-bond donors (Lipinski definition) is 2. The number of halogens is 1. The molecule has 1 atom stereocenters. The molecule has 0 heterocycles. The average molecular weight is 347 g/mol. The lowest BCUT2D eigenvalue weighted by atomic mass is 10.1. The summed E-state index contributed by atoms with van der Waals surface area (Å²) in [5.41, 5.74) is 1.13. The second kappa shape index (κ2) is 8.35. The Morgan fingerprint density at radius 1 is 1.42 bits per heavy atom. The van der Waals surface area contributed by atoms with E-state index in [1.807, 2.05) is 18.2 Å². The molecule has 0 saturated carbocycles. The summed E-state index contributed by atoms with van der Waals surface area (Å²) in [6.45, 7) is 3.38. The summed E-state index contributed by atoms with van der Waals surface area (Å²) in [6, 6.07) is 6.08. The van der Waals surface area contributed by atoms with Gasteiger partial charge in [-0.15, -0.1) is 0 Å². The summed E-state index contributed by atoms with van der Waals surface area (Å²) in [4.78, 5) is 0. The Bertz CT molecular complexity index is 429. The molecular weight excluding hydrogens is 328 g/mol. The van der Waals surface area contributed by atoms with Crippen LogP contribution in [-0.2, 0) is 4.74 Å². The van der Waals surface area contributed by atoms with Crippen molar-refractivity contribution >= 4 is 33.3 Å². The molecule has 6 heteroatoms. The van der Waals surface area contributed by atoms with Gasteiger partial charge in [-0.3, -0.25) is 0 Å². The molecule has 106 valence electrons. The summed E-state index contributed by atoms with van der Waals surface area (Å²) in [6.07, 6.45) is 0. The number of methoxy groups -OCH3 is 2. The van der Waals surface area contributed by atoms with Crippen molar-refractivity contribution in [3.8, 4) is 5.75 Å². The van der Waals surface area contributed by atoms with Crippen LogP contribution in [0.5, 0.6) is 5.75 Å². The maximum absolute atomic E-state index is 5.21. The maximum Gasteiger partial charge on any atom is 0.166 e. The predicted molar refractivity (Wildman–Crippen MR) is 84.7 cm³/mol. The Labute approximate surface area is 128 Å². The van der Waals surface area contributed by atoms with Gasteiger partial charge in [-0.25, -0.2) is 0 Å². The molecule has 0 amide bonds. The first-order valence-corrected chi connectivity index (χ1v) is 7.15. The van der Waals surface area contributed by atoms with E-state index in [1.165, 1.54) is 0 Å². The summed E-state index contributed by atoms with van der Waals surface area (Å²) in [5.74, 6) is 0.816. The van der Waals surface area contributed by atoms with E-state index < -0.39 is 0 Å². The zero-order chi connectivity index (χ0) is 14.3. The van der Waals surface area contributed by atoms with Gasteiger partial charge >= 0.3 is 0 Å². The number of nitrogens with one attached hydrogen (secondary N) is 2. The standard InChI is InChI=1S/C13H19BrN2O2S/c1-9(16-13(19)15-6-7-17-2)10-4-5-12(18-3)11(14)8-10/h4-5,8-9H,6-7H2,1-3H3,(H2,15,16,19)/t9-/m1/s1. The molecule has 4 nitrogen and oxygen atoms in total. The van der Waals surface area contributed by atoms with Gasteiger partial charge < -0.3 is 20.1 Å². The molecule has 1 aromatic carbocycles. The van der Waals surface area contributed by atoms with Crippen LogP contribution in [0.3, 0.4) is 0 Å². The Balaban J connectivity index is 2.55. The van der Waals surface area contributed by atoms with Gasteiger partial charge in [0, 0.05) is 13.7 Å². The third-order valence-electron chi connectivity index (χ3n) is 2.62. The molecule has 0 saturated heterocycles. The van der Waals surface area contributed by atoms with Crippen LogP contribution < -0.4 is 15.4 Å². The fourth-order valence-electron chi connectivity index (χ4n) is 1.55. The molecular formula is C13H19BrN2O2S. The fraction of sp³-hybridized carbons (Fsp3) is 0.462. The minimum absolute atomic E-state index is 0.116. The van der Waals surface area contributed by atoms with Crippen LogP contribution >= 0.6 is 28.1 Å². The summed E-state index contributed by atoms with van der Waals surface area (Å²) < 4.78 is 11.1. The third kappa shape index (κ3) is 5.34. The van der Waals surface area contributed by atoms with Gasteiger partial charge in [-0.05, 0) is 52.8 Å². The summed E-state index contributed by atoms with van der Waals surface area (Å²) in [5, 5.41) is 6.92. The monoisotopic (exact) mass is 346 g/mol. The highest BCUT2D eigenvalue weighted by molar-refractivity contribution is 9.10. The van der Waals surface area contributed by atoms with Crippen LogP contribution in [0.1, 0.15) is 18.5 Å². The number of hydrogen-bond acceptors (Lipinski definition) is 3. The molecule has 1 rings (SSSR count). The van der Waals surface area contributed by atoms with Gasteiger partial charge in [0.25, 0.3) is 0 Å². The number of ether oxygens (including phenoxy) is 2. The minimum atomic E-state index is 0.116. The van der Waals surface area contributed by atoms with Crippen molar-refractivity contribution in [1.29, 1.82) is 0 Å². The van der Waals surface area contributed by atoms with Crippen LogP contribution in [0.25, 0.3) is 0 Å². The number of thiocarbonyl (C=S) groups is 1. The van der Waals surface area contributed by atoms with E-state index in [2.05, 4.69) is 33.5 Å². The minimum Gasteiger partial charge on any atom is -0.496 e. The molecule has 0 bridgehead atoms. The highest BCUT2D eigenvalue weighted by Crippen LogP contribution is 2.27. The van der Waals surface area contributed by atoms with Crippen molar-refractivity contribution in [2.24, 2.45) is 0 Å². The smallest absolute Gasteiger partial charge is 0.166 e. The molecule has 0 aliphatic carbocycles. The van der Waals surface area contributed by atoms with Crippen LogP contribution in [0.2, 0.25) is 0 Å². The lowest BCUT2D eigenvalue weighted by Gasteiger charge is -2.18. The average Bonchev–Trinajstić information content (AvgIpc) is 2.38. The lowest BCUT2D eigenvalue weighted by Crippen LogP contribution is -2.38. The number of benzene rings is 1. The van der Waals surface area contributed by atoms with Gasteiger partial charge in [0.1, 0.15) is 5.75 Å². The van der Waals surface area contributed by atoms with E-state index in [9.17, 15) is 0 Å². The highest BCUT2D eigenvalue weighted by atomic mass is 79.9. The van der Waals surface area contributed by atoms with E-state index in [0.29, 0.717) is 18.3 Å². The Kier molecular flexibility index (Phi) is 7.12. The predicted octanol–water partition coefficient (Wildman–Crippen LogP) is 2.63.